The minimum absolute atomic E-state index is 0.0831. The molecule has 1 fully saturated rings. The maximum absolute atomic E-state index is 12.6. The highest BCUT2D eigenvalue weighted by atomic mass is 16.4. The van der Waals surface area contributed by atoms with Crippen molar-refractivity contribution >= 4 is 11.9 Å². The summed E-state index contributed by atoms with van der Waals surface area (Å²) in [6.45, 7) is 7.69. The first-order valence-electron chi connectivity index (χ1n) is 7.42. The predicted octanol–water partition coefficient (Wildman–Crippen LogP) is 1.56. The third kappa shape index (κ3) is 2.53. The molecule has 0 spiro atoms. The van der Waals surface area contributed by atoms with Crippen LogP contribution in [-0.4, -0.2) is 40.0 Å². The molecular weight excluding hydrogens is 284 g/mol. The van der Waals surface area contributed by atoms with Crippen LogP contribution in [0.25, 0.3) is 0 Å². The third-order valence-corrected chi connectivity index (χ3v) is 4.70. The second kappa shape index (κ2) is 5.59. The molecule has 22 heavy (non-hydrogen) atoms. The highest BCUT2D eigenvalue weighted by Crippen LogP contribution is 2.38. The van der Waals surface area contributed by atoms with E-state index in [1.54, 1.807) is 19.9 Å². The molecule has 0 bridgehead atoms. The number of rotatable bonds is 3. The maximum atomic E-state index is 12.6. The number of nitrogens with one attached hydrogen (secondary N) is 1. The molecule has 1 saturated heterocycles. The highest BCUT2D eigenvalue weighted by molar-refractivity contribution is 5.96. The Bertz CT molecular complexity index is 677. The summed E-state index contributed by atoms with van der Waals surface area (Å²) in [4.78, 5) is 40.5. The number of carbonyl (C=O) groups is 2. The SMILES string of the molecule is Cc1cc(C)c(C(=O)N2CCC(C(=O)O)(C(C)C)C2)c(=O)[nH]1. The zero-order chi connectivity index (χ0) is 16.7. The van der Waals surface area contributed by atoms with Gasteiger partial charge in [0.05, 0.1) is 5.41 Å². The molecule has 6 nitrogen and oxygen atoms in total. The van der Waals surface area contributed by atoms with Crippen molar-refractivity contribution in [2.24, 2.45) is 11.3 Å². The summed E-state index contributed by atoms with van der Waals surface area (Å²) in [7, 11) is 0. The number of aryl methyl sites for hydroxylation is 2. The molecule has 0 aliphatic carbocycles. The van der Waals surface area contributed by atoms with Gasteiger partial charge in [-0.3, -0.25) is 14.4 Å². The third-order valence-electron chi connectivity index (χ3n) is 4.70. The number of hydrogen-bond donors (Lipinski definition) is 2. The number of carboxylic acids is 1. The minimum Gasteiger partial charge on any atom is -0.481 e. The van der Waals surface area contributed by atoms with Gasteiger partial charge in [0, 0.05) is 18.8 Å². The summed E-state index contributed by atoms with van der Waals surface area (Å²) < 4.78 is 0. The Morgan fingerprint density at radius 2 is 2.00 bits per heavy atom. The number of amides is 1. The molecule has 2 heterocycles. The van der Waals surface area contributed by atoms with Gasteiger partial charge in [-0.05, 0) is 37.8 Å². The molecule has 2 rings (SSSR count). The molecule has 120 valence electrons. The van der Waals surface area contributed by atoms with Crippen LogP contribution in [0.3, 0.4) is 0 Å². The lowest BCUT2D eigenvalue weighted by atomic mass is 9.76. The Morgan fingerprint density at radius 3 is 2.45 bits per heavy atom. The van der Waals surface area contributed by atoms with Crippen molar-refractivity contribution in [3.8, 4) is 0 Å². The fourth-order valence-electron chi connectivity index (χ4n) is 3.18. The van der Waals surface area contributed by atoms with E-state index in [0.29, 0.717) is 24.2 Å². The molecule has 1 amide bonds. The number of carboxylic acid groups (broad SMARTS) is 1. The van der Waals surface area contributed by atoms with E-state index < -0.39 is 16.9 Å². The summed E-state index contributed by atoms with van der Waals surface area (Å²) >= 11 is 0. The normalized spacial score (nSPS) is 21.4. The van der Waals surface area contributed by atoms with Gasteiger partial charge in [0.1, 0.15) is 5.56 Å². The topological polar surface area (TPSA) is 90.5 Å². The lowest BCUT2D eigenvalue weighted by Crippen LogP contribution is -2.41. The van der Waals surface area contributed by atoms with Crippen molar-refractivity contribution in [1.29, 1.82) is 0 Å². The molecule has 1 unspecified atom stereocenters. The number of carbonyl (C=O) groups excluding carboxylic acids is 1. The summed E-state index contributed by atoms with van der Waals surface area (Å²) in [5.41, 5.74) is 0.0719. The molecule has 0 saturated carbocycles. The van der Waals surface area contributed by atoms with Crippen LogP contribution in [0.1, 0.15) is 41.9 Å². The van der Waals surface area contributed by atoms with Crippen LogP contribution in [0.4, 0.5) is 0 Å². The number of hydrogen-bond acceptors (Lipinski definition) is 3. The smallest absolute Gasteiger partial charge is 0.311 e. The van der Waals surface area contributed by atoms with Crippen LogP contribution in [0.2, 0.25) is 0 Å². The van der Waals surface area contributed by atoms with Crippen LogP contribution >= 0.6 is 0 Å². The van der Waals surface area contributed by atoms with Crippen molar-refractivity contribution < 1.29 is 14.7 Å². The molecule has 1 aromatic rings. The van der Waals surface area contributed by atoms with Crippen molar-refractivity contribution in [3.05, 3.63) is 33.2 Å². The average molecular weight is 306 g/mol. The maximum Gasteiger partial charge on any atom is 0.311 e. The Labute approximate surface area is 129 Å². The molecule has 0 radical (unpaired) electrons. The van der Waals surface area contributed by atoms with Gasteiger partial charge in [-0.1, -0.05) is 13.8 Å². The lowest BCUT2D eigenvalue weighted by molar-refractivity contribution is -0.150. The van der Waals surface area contributed by atoms with Gasteiger partial charge >= 0.3 is 5.97 Å². The van der Waals surface area contributed by atoms with Gasteiger partial charge in [0.25, 0.3) is 11.5 Å². The van der Waals surface area contributed by atoms with Gasteiger partial charge in [-0.2, -0.15) is 0 Å². The van der Waals surface area contributed by atoms with Crippen molar-refractivity contribution in [2.45, 2.75) is 34.1 Å². The van der Waals surface area contributed by atoms with Crippen molar-refractivity contribution in [3.63, 3.8) is 0 Å². The van der Waals surface area contributed by atoms with Gasteiger partial charge in [-0.15, -0.1) is 0 Å². The fourth-order valence-corrected chi connectivity index (χ4v) is 3.18. The van der Waals surface area contributed by atoms with E-state index in [1.807, 2.05) is 13.8 Å². The number of nitrogens with zero attached hydrogens (tertiary/aromatic N) is 1. The molecule has 1 aromatic heterocycles. The molecule has 0 aromatic carbocycles. The lowest BCUT2D eigenvalue weighted by Gasteiger charge is -2.28. The first-order chi connectivity index (χ1) is 10.2. The number of aliphatic carboxylic acids is 1. The molecule has 1 aliphatic rings. The van der Waals surface area contributed by atoms with Crippen LogP contribution < -0.4 is 5.56 Å². The number of H-pyrrole nitrogens is 1. The molecule has 6 heteroatoms. The van der Waals surface area contributed by atoms with Gasteiger partial charge in [0.15, 0.2) is 0 Å². The second-order valence-corrected chi connectivity index (χ2v) is 6.43. The molecular formula is C16H22N2O4. The molecule has 1 aliphatic heterocycles. The Kier molecular flexibility index (Phi) is 4.13. The summed E-state index contributed by atoms with van der Waals surface area (Å²) in [6, 6.07) is 1.75. The van der Waals surface area contributed by atoms with Crippen LogP contribution in [0, 0.1) is 25.2 Å². The molecule has 1 atom stereocenters. The first-order valence-corrected chi connectivity index (χ1v) is 7.42. The minimum atomic E-state index is -0.930. The van der Waals surface area contributed by atoms with E-state index in [-0.39, 0.29) is 23.9 Å². The highest BCUT2D eigenvalue weighted by Gasteiger charge is 2.48. The second-order valence-electron chi connectivity index (χ2n) is 6.43. The van der Waals surface area contributed by atoms with Gasteiger partial charge < -0.3 is 15.0 Å². The van der Waals surface area contributed by atoms with Crippen molar-refractivity contribution in [1.82, 2.24) is 9.88 Å². The number of aromatic nitrogens is 1. The number of aromatic amines is 1. The van der Waals surface area contributed by atoms with Crippen LogP contribution in [0.15, 0.2) is 10.9 Å². The standard InChI is InChI=1S/C16H22N2O4/c1-9(2)16(15(21)22)5-6-18(8-16)14(20)12-10(3)7-11(4)17-13(12)19/h7,9H,5-6,8H2,1-4H3,(H,17,19)(H,21,22). The Balaban J connectivity index is 2.34. The zero-order valence-corrected chi connectivity index (χ0v) is 13.4. The van der Waals surface area contributed by atoms with Crippen LogP contribution in [-0.2, 0) is 4.79 Å². The van der Waals surface area contributed by atoms with Crippen molar-refractivity contribution in [2.75, 3.05) is 13.1 Å². The average Bonchev–Trinajstić information content (AvgIpc) is 2.83. The molecule has 2 N–H and O–H groups in total. The van der Waals surface area contributed by atoms with Gasteiger partial charge in [-0.25, -0.2) is 0 Å². The van der Waals surface area contributed by atoms with E-state index >= 15 is 0 Å². The monoisotopic (exact) mass is 306 g/mol. The van der Waals surface area contributed by atoms with Gasteiger partial charge in [0.2, 0.25) is 0 Å². The van der Waals surface area contributed by atoms with E-state index in [9.17, 15) is 19.5 Å². The number of likely N-dealkylation sites (tertiary alicyclic amines) is 1. The fraction of sp³-hybridized carbons (Fsp3) is 0.562. The van der Waals surface area contributed by atoms with E-state index in [4.69, 9.17) is 0 Å². The first kappa shape index (κ1) is 16.3. The van der Waals surface area contributed by atoms with E-state index in [2.05, 4.69) is 4.98 Å². The van der Waals surface area contributed by atoms with E-state index in [1.165, 1.54) is 4.90 Å². The summed E-state index contributed by atoms with van der Waals surface area (Å²) in [5.74, 6) is -1.35. The van der Waals surface area contributed by atoms with Crippen LogP contribution in [0.5, 0.6) is 0 Å². The Morgan fingerprint density at radius 1 is 1.36 bits per heavy atom. The Hall–Kier alpha value is -2.11. The summed E-state index contributed by atoms with van der Waals surface area (Å²) in [5, 5.41) is 9.54. The predicted molar refractivity (Wildman–Crippen MR) is 82.0 cm³/mol. The summed E-state index contributed by atoms with van der Waals surface area (Å²) in [6.07, 6.45) is 0.411. The number of pyridine rings is 1. The van der Waals surface area contributed by atoms with E-state index in [0.717, 1.165) is 0 Å². The quantitative estimate of drug-likeness (QED) is 0.886. The zero-order valence-electron chi connectivity index (χ0n) is 13.4. The largest absolute Gasteiger partial charge is 0.481 e.